The van der Waals surface area contributed by atoms with Gasteiger partial charge >= 0.3 is 6.61 Å². The first-order valence-corrected chi connectivity index (χ1v) is 12.1. The van der Waals surface area contributed by atoms with Crippen molar-refractivity contribution in [1.82, 2.24) is 15.1 Å². The Labute approximate surface area is 212 Å². The summed E-state index contributed by atoms with van der Waals surface area (Å²) in [5.74, 6) is -1.36. The SMILES string of the molecule is C=C1CCC(N2C(=O)c3ccc(C4(O)CCN(Cc5ccc(OC(F)F)cc5)CC4)cc3C2=O)C(=O)N1. The summed E-state index contributed by atoms with van der Waals surface area (Å²) in [5, 5.41) is 14.0. The Kier molecular flexibility index (Phi) is 6.55. The van der Waals surface area contributed by atoms with Crippen LogP contribution in [0.2, 0.25) is 0 Å². The summed E-state index contributed by atoms with van der Waals surface area (Å²) in [5.41, 5.74) is 1.31. The molecule has 0 saturated carbocycles. The first kappa shape index (κ1) is 25.0. The number of hydrogen-bond acceptors (Lipinski definition) is 6. The zero-order valence-corrected chi connectivity index (χ0v) is 20.1. The number of amides is 3. The highest BCUT2D eigenvalue weighted by atomic mass is 19.3. The molecule has 0 radical (unpaired) electrons. The second-order valence-corrected chi connectivity index (χ2v) is 9.72. The smallest absolute Gasteiger partial charge is 0.387 e. The summed E-state index contributed by atoms with van der Waals surface area (Å²) in [4.78, 5) is 41.7. The zero-order chi connectivity index (χ0) is 26.3. The third kappa shape index (κ3) is 4.86. The number of likely N-dealkylation sites (tertiary alicyclic amines) is 1. The minimum Gasteiger partial charge on any atom is -0.435 e. The number of aliphatic hydroxyl groups is 1. The molecule has 3 aliphatic heterocycles. The normalized spacial score (nSPS) is 21.8. The number of rotatable bonds is 6. The standard InChI is InChI=1S/C27H27F2N3O5/c1-16-2-9-22(23(33)30-16)32-24(34)20-8-5-18(14-21(20)25(32)35)27(36)10-12-31(13-11-27)15-17-3-6-19(7-4-17)37-26(28)29/h3-8,14,22,26,36H,1-2,9-13,15H2,(H,30,33). The molecule has 2 N–H and O–H groups in total. The summed E-state index contributed by atoms with van der Waals surface area (Å²) < 4.78 is 29.1. The zero-order valence-electron chi connectivity index (χ0n) is 20.1. The molecule has 194 valence electrons. The molecule has 8 nitrogen and oxygen atoms in total. The van der Waals surface area contributed by atoms with Crippen LogP contribution in [-0.4, -0.2) is 58.4 Å². The summed E-state index contributed by atoms with van der Waals surface area (Å²) in [7, 11) is 0. The molecule has 2 saturated heterocycles. The second kappa shape index (κ2) is 9.68. The van der Waals surface area contributed by atoms with Crippen molar-refractivity contribution < 1.29 is 33.0 Å². The predicted octanol–water partition coefficient (Wildman–Crippen LogP) is 3.16. The Hall–Kier alpha value is -3.63. The molecule has 2 aromatic rings. The van der Waals surface area contributed by atoms with E-state index in [9.17, 15) is 28.3 Å². The minimum atomic E-state index is -2.87. The second-order valence-electron chi connectivity index (χ2n) is 9.72. The Balaban J connectivity index is 1.25. The fourth-order valence-electron chi connectivity index (χ4n) is 5.24. The van der Waals surface area contributed by atoms with E-state index in [1.54, 1.807) is 30.3 Å². The predicted molar refractivity (Wildman–Crippen MR) is 129 cm³/mol. The molecule has 3 aliphatic rings. The topological polar surface area (TPSA) is 99.2 Å². The van der Waals surface area contributed by atoms with Crippen LogP contribution in [0.1, 0.15) is 57.5 Å². The van der Waals surface area contributed by atoms with Crippen LogP contribution in [0.15, 0.2) is 54.7 Å². The Morgan fingerprint density at radius 2 is 1.73 bits per heavy atom. The molecule has 3 amide bonds. The molecule has 1 atom stereocenters. The number of halogens is 2. The number of nitrogens with zero attached hydrogens (tertiary/aromatic N) is 2. The van der Waals surface area contributed by atoms with Gasteiger partial charge in [-0.3, -0.25) is 24.2 Å². The van der Waals surface area contributed by atoms with Crippen LogP contribution in [-0.2, 0) is 16.9 Å². The van der Waals surface area contributed by atoms with E-state index in [4.69, 9.17) is 0 Å². The number of ether oxygens (including phenoxy) is 1. The van der Waals surface area contributed by atoms with Crippen molar-refractivity contribution in [3.05, 3.63) is 77.0 Å². The molecule has 5 rings (SSSR count). The van der Waals surface area contributed by atoms with E-state index in [0.717, 1.165) is 10.5 Å². The number of hydrogen-bond donors (Lipinski definition) is 2. The average molecular weight is 512 g/mol. The van der Waals surface area contributed by atoms with Crippen molar-refractivity contribution in [3.8, 4) is 5.75 Å². The van der Waals surface area contributed by atoms with E-state index in [1.165, 1.54) is 12.1 Å². The highest BCUT2D eigenvalue weighted by molar-refractivity contribution is 6.23. The van der Waals surface area contributed by atoms with Crippen LogP contribution >= 0.6 is 0 Å². The van der Waals surface area contributed by atoms with Gasteiger partial charge in [-0.1, -0.05) is 24.8 Å². The van der Waals surface area contributed by atoms with Gasteiger partial charge in [0, 0.05) is 25.3 Å². The van der Waals surface area contributed by atoms with Crippen molar-refractivity contribution in [2.24, 2.45) is 0 Å². The van der Waals surface area contributed by atoms with Gasteiger partial charge in [0.05, 0.1) is 16.7 Å². The highest BCUT2D eigenvalue weighted by Gasteiger charge is 2.45. The van der Waals surface area contributed by atoms with E-state index < -0.39 is 36.0 Å². The Morgan fingerprint density at radius 3 is 2.38 bits per heavy atom. The van der Waals surface area contributed by atoms with E-state index in [0.29, 0.717) is 56.6 Å². The van der Waals surface area contributed by atoms with E-state index in [2.05, 4.69) is 21.5 Å². The molecule has 0 bridgehead atoms. The van der Waals surface area contributed by atoms with Gasteiger partial charge in [0.1, 0.15) is 11.8 Å². The van der Waals surface area contributed by atoms with E-state index >= 15 is 0 Å². The third-order valence-corrected chi connectivity index (χ3v) is 7.33. The maximum absolute atomic E-state index is 13.2. The molecule has 0 aliphatic carbocycles. The van der Waals surface area contributed by atoms with E-state index in [-0.39, 0.29) is 16.9 Å². The van der Waals surface area contributed by atoms with Crippen molar-refractivity contribution in [2.45, 2.75) is 50.5 Å². The molecular formula is C27H27F2N3O5. The fourth-order valence-corrected chi connectivity index (χ4v) is 5.24. The monoisotopic (exact) mass is 511 g/mol. The molecule has 2 fully saturated rings. The first-order valence-electron chi connectivity index (χ1n) is 12.1. The van der Waals surface area contributed by atoms with Gasteiger partial charge in [0.25, 0.3) is 11.8 Å². The quantitative estimate of drug-likeness (QED) is 0.579. The molecule has 0 aromatic heterocycles. The molecule has 1 unspecified atom stereocenters. The van der Waals surface area contributed by atoms with Crippen molar-refractivity contribution in [3.63, 3.8) is 0 Å². The Bertz CT molecular complexity index is 1260. The average Bonchev–Trinajstić information content (AvgIpc) is 3.11. The number of carbonyl (C=O) groups excluding carboxylic acids is 3. The van der Waals surface area contributed by atoms with Crippen LogP contribution < -0.4 is 10.1 Å². The number of imide groups is 1. The largest absolute Gasteiger partial charge is 0.435 e. The minimum absolute atomic E-state index is 0.101. The summed E-state index contributed by atoms with van der Waals surface area (Å²) in [6.07, 6.45) is 1.64. The highest BCUT2D eigenvalue weighted by Crippen LogP contribution is 2.37. The van der Waals surface area contributed by atoms with Crippen LogP contribution in [0.5, 0.6) is 5.75 Å². The first-order chi connectivity index (χ1) is 17.6. The lowest BCUT2D eigenvalue weighted by atomic mass is 9.83. The van der Waals surface area contributed by atoms with Gasteiger partial charge in [0.2, 0.25) is 5.91 Å². The molecule has 0 spiro atoms. The number of alkyl halides is 2. The van der Waals surface area contributed by atoms with E-state index in [1.807, 2.05) is 0 Å². The lowest BCUT2D eigenvalue weighted by Crippen LogP contribution is -2.51. The van der Waals surface area contributed by atoms with Gasteiger partial charge in [-0.2, -0.15) is 8.78 Å². The molecular weight excluding hydrogens is 484 g/mol. The van der Waals surface area contributed by atoms with Crippen LogP contribution in [0.25, 0.3) is 0 Å². The lowest BCUT2D eigenvalue weighted by molar-refractivity contribution is -0.125. The number of piperidine rings is 2. The van der Waals surface area contributed by atoms with Crippen LogP contribution in [0.4, 0.5) is 8.78 Å². The van der Waals surface area contributed by atoms with Crippen LogP contribution in [0, 0.1) is 0 Å². The molecule has 10 heteroatoms. The number of fused-ring (bicyclic) bond motifs is 1. The fraction of sp³-hybridized carbons (Fsp3) is 0.370. The summed E-state index contributed by atoms with van der Waals surface area (Å²) in [6, 6.07) is 10.4. The van der Waals surface area contributed by atoms with Gasteiger partial charge in [-0.05, 0) is 61.1 Å². The lowest BCUT2D eigenvalue weighted by Gasteiger charge is -2.38. The number of allylic oxidation sites excluding steroid dienone is 1. The molecule has 2 aromatic carbocycles. The van der Waals surface area contributed by atoms with Gasteiger partial charge in [-0.15, -0.1) is 0 Å². The Morgan fingerprint density at radius 1 is 1.05 bits per heavy atom. The molecule has 3 heterocycles. The third-order valence-electron chi connectivity index (χ3n) is 7.33. The molecule has 37 heavy (non-hydrogen) atoms. The van der Waals surface area contributed by atoms with Gasteiger partial charge < -0.3 is 15.2 Å². The van der Waals surface area contributed by atoms with Crippen LogP contribution in [0.3, 0.4) is 0 Å². The number of carbonyl (C=O) groups is 3. The van der Waals surface area contributed by atoms with Gasteiger partial charge in [0.15, 0.2) is 0 Å². The summed E-state index contributed by atoms with van der Waals surface area (Å²) >= 11 is 0. The maximum Gasteiger partial charge on any atom is 0.387 e. The van der Waals surface area contributed by atoms with Crippen molar-refractivity contribution in [1.29, 1.82) is 0 Å². The maximum atomic E-state index is 13.2. The van der Waals surface area contributed by atoms with Crippen molar-refractivity contribution in [2.75, 3.05) is 13.1 Å². The number of benzene rings is 2. The van der Waals surface area contributed by atoms with Crippen molar-refractivity contribution >= 4 is 17.7 Å². The van der Waals surface area contributed by atoms with Gasteiger partial charge in [-0.25, -0.2) is 0 Å². The summed E-state index contributed by atoms with van der Waals surface area (Å²) in [6.45, 7) is 2.61. The number of nitrogens with one attached hydrogen (secondary N) is 1.